The number of aromatic nitrogens is 1. The Balaban J connectivity index is 3.01. The normalized spacial score (nSPS) is 9.55. The van der Waals surface area contributed by atoms with Crippen molar-refractivity contribution in [3.8, 4) is 0 Å². The van der Waals surface area contributed by atoms with E-state index < -0.39 is 0 Å². The van der Waals surface area contributed by atoms with E-state index in [2.05, 4.69) is 4.98 Å². The molecule has 0 saturated heterocycles. The first-order valence-electron chi connectivity index (χ1n) is 3.48. The summed E-state index contributed by atoms with van der Waals surface area (Å²) in [4.78, 5) is 4.56. The summed E-state index contributed by atoms with van der Waals surface area (Å²) in [6.07, 6.45) is 2.64. The summed E-state index contributed by atoms with van der Waals surface area (Å²) < 4.78 is 0. The number of nitrogens with two attached hydrogens (primary N) is 1. The molecular weight excluding hydrogens is 159 g/mol. The quantitative estimate of drug-likeness (QED) is 0.411. The molecule has 0 aliphatic heterocycles. The highest BCUT2D eigenvalue weighted by Gasteiger charge is 1.96. The average molecular weight is 169 g/mol. The summed E-state index contributed by atoms with van der Waals surface area (Å²) in [7, 11) is 0. The van der Waals surface area contributed by atoms with E-state index in [0.717, 1.165) is 17.7 Å². The van der Waals surface area contributed by atoms with Crippen molar-refractivity contribution in [2.75, 3.05) is 0 Å². The van der Waals surface area contributed by atoms with Crippen LogP contribution < -0.4 is 5.73 Å². The van der Waals surface area contributed by atoms with Crippen LogP contribution in [0, 0.1) is 0 Å². The van der Waals surface area contributed by atoms with E-state index in [4.69, 9.17) is 18.0 Å². The van der Waals surface area contributed by atoms with Crippen molar-refractivity contribution in [1.29, 1.82) is 0 Å². The SMILES string of the molecule is CCc1cc(C([15NH2])=[34S])ccn1. The molecule has 1 heterocycles. The minimum Gasteiger partial charge on any atom is -0.389 e. The lowest BCUT2D eigenvalue weighted by Gasteiger charge is -1.99. The Kier molecular flexibility index (Phi) is 2.54. The fourth-order valence-corrected chi connectivity index (χ4v) is 0.952. The van der Waals surface area contributed by atoms with E-state index in [1.165, 1.54) is 0 Å². The monoisotopic (exact) mass is 169 g/mol. The molecule has 11 heavy (non-hydrogen) atoms. The fourth-order valence-electron chi connectivity index (χ4n) is 0.825. The molecule has 0 bridgehead atoms. The standard InChI is InChI=1S/C8H10N2S/c1-2-7-5-6(8(9)11)3-4-10-7/h3-5H,2H2,1H3,(H2,9,11)/i9+1,11+2. The lowest BCUT2D eigenvalue weighted by molar-refractivity contribution is 1.03. The molecule has 0 saturated carbocycles. The molecule has 0 fully saturated rings. The van der Waals surface area contributed by atoms with Crippen LogP contribution in [-0.2, 0) is 6.42 Å². The van der Waals surface area contributed by atoms with Crippen molar-refractivity contribution >= 4 is 17.2 Å². The first-order chi connectivity index (χ1) is 5.24. The first kappa shape index (κ1) is 8.14. The number of rotatable bonds is 2. The van der Waals surface area contributed by atoms with Gasteiger partial charge in [-0.3, -0.25) is 4.98 Å². The lowest BCUT2D eigenvalue weighted by atomic mass is 10.2. The molecule has 1 aromatic heterocycles. The molecule has 1 rings (SSSR count). The van der Waals surface area contributed by atoms with Crippen LogP contribution in [-0.4, -0.2) is 9.97 Å². The van der Waals surface area contributed by atoms with Crippen molar-refractivity contribution in [1.82, 2.24) is 4.98 Å². The molecule has 2 nitrogen and oxygen atoms in total. The lowest BCUT2D eigenvalue weighted by Crippen LogP contribution is -2.09. The Morgan fingerprint density at radius 3 is 3.00 bits per heavy atom. The van der Waals surface area contributed by atoms with Gasteiger partial charge in [0, 0.05) is 17.5 Å². The number of aryl methyl sites for hydroxylation is 1. The average Bonchev–Trinajstić information content (AvgIpc) is 2.05. The fraction of sp³-hybridized carbons (Fsp3) is 0.250. The van der Waals surface area contributed by atoms with Gasteiger partial charge in [-0.05, 0) is 18.6 Å². The highest BCUT2D eigenvalue weighted by atomic mass is 34.0. The molecule has 0 amide bonds. The molecule has 3 heteroatoms. The van der Waals surface area contributed by atoms with Crippen LogP contribution in [0.25, 0.3) is 0 Å². The van der Waals surface area contributed by atoms with Gasteiger partial charge in [-0.25, -0.2) is 0 Å². The second-order valence-corrected chi connectivity index (χ2v) is 2.69. The molecular formula is C8H10N2S. The Morgan fingerprint density at radius 2 is 2.45 bits per heavy atom. The van der Waals surface area contributed by atoms with Gasteiger partial charge in [0.15, 0.2) is 0 Å². The van der Waals surface area contributed by atoms with Crippen molar-refractivity contribution in [2.45, 2.75) is 13.3 Å². The van der Waals surface area contributed by atoms with Crippen LogP contribution in [0.1, 0.15) is 18.2 Å². The highest BCUT2D eigenvalue weighted by Crippen LogP contribution is 2.01. The second kappa shape index (κ2) is 3.44. The predicted molar refractivity (Wildman–Crippen MR) is 49.5 cm³/mol. The molecule has 0 aliphatic rings. The maximum absolute atomic E-state index is 5.44. The van der Waals surface area contributed by atoms with Gasteiger partial charge in [0.05, 0.1) is 0 Å². The van der Waals surface area contributed by atoms with Gasteiger partial charge < -0.3 is 5.73 Å². The van der Waals surface area contributed by atoms with Gasteiger partial charge in [-0.2, -0.15) is 0 Å². The van der Waals surface area contributed by atoms with E-state index in [1.54, 1.807) is 6.20 Å². The summed E-state index contributed by atoms with van der Waals surface area (Å²) in [5.41, 5.74) is 7.36. The van der Waals surface area contributed by atoms with Crippen LogP contribution in [0.4, 0.5) is 0 Å². The van der Waals surface area contributed by atoms with Gasteiger partial charge in [0.2, 0.25) is 0 Å². The predicted octanol–water partition coefficient (Wildman–Crippen LogP) is 1.28. The maximum atomic E-state index is 5.44. The van der Waals surface area contributed by atoms with Crippen molar-refractivity contribution in [3.05, 3.63) is 29.6 Å². The van der Waals surface area contributed by atoms with E-state index in [-0.39, 0.29) is 0 Å². The topological polar surface area (TPSA) is 38.9 Å². The number of thiocarbonyl (C=S) groups is 1. The summed E-state index contributed by atoms with van der Waals surface area (Å²) in [6.45, 7) is 2.05. The molecule has 1 aromatic rings. The molecule has 0 unspecified atom stereocenters. The van der Waals surface area contributed by atoms with Gasteiger partial charge in [0.25, 0.3) is 0 Å². The van der Waals surface area contributed by atoms with Gasteiger partial charge in [-0.1, -0.05) is 19.1 Å². The minimum atomic E-state index is 0.433. The van der Waals surface area contributed by atoms with Crippen molar-refractivity contribution < 1.29 is 0 Å². The molecule has 2 N–H and O–H groups in total. The summed E-state index contributed by atoms with van der Waals surface area (Å²) >= 11 is 4.82. The van der Waals surface area contributed by atoms with Crippen LogP contribution in [0.3, 0.4) is 0 Å². The molecule has 58 valence electrons. The van der Waals surface area contributed by atoms with Crippen LogP contribution in [0.15, 0.2) is 18.3 Å². The van der Waals surface area contributed by atoms with Crippen LogP contribution in [0.2, 0.25) is 0 Å². The molecule has 0 aromatic carbocycles. The Hall–Kier alpha value is -0.960. The first-order valence-corrected chi connectivity index (χ1v) is 3.89. The number of nitrogens with zero attached hydrogens (tertiary/aromatic N) is 1. The van der Waals surface area contributed by atoms with Crippen molar-refractivity contribution in [3.63, 3.8) is 0 Å². The molecule has 0 spiro atoms. The summed E-state index contributed by atoms with van der Waals surface area (Å²) in [5, 5.41) is 0. The highest BCUT2D eigenvalue weighted by molar-refractivity contribution is 7.80. The van der Waals surface area contributed by atoms with Crippen LogP contribution >= 0.6 is 12.2 Å². The van der Waals surface area contributed by atoms with E-state index in [0.29, 0.717) is 4.99 Å². The van der Waals surface area contributed by atoms with Crippen molar-refractivity contribution in [2.24, 2.45) is 5.73 Å². The zero-order valence-corrected chi connectivity index (χ0v) is 7.19. The molecule has 0 radical (unpaired) electrons. The maximum Gasteiger partial charge on any atom is 0.104 e. The summed E-state index contributed by atoms with van der Waals surface area (Å²) in [6, 6.07) is 3.74. The number of hydrogen-bond acceptors (Lipinski definition) is 2. The third-order valence-corrected chi connectivity index (χ3v) is 1.70. The smallest absolute Gasteiger partial charge is 0.104 e. The van der Waals surface area contributed by atoms with Gasteiger partial charge in [-0.15, -0.1) is 0 Å². The third kappa shape index (κ3) is 1.98. The second-order valence-electron chi connectivity index (χ2n) is 2.25. The largest absolute Gasteiger partial charge is 0.389 e. The van der Waals surface area contributed by atoms with E-state index >= 15 is 0 Å². The van der Waals surface area contributed by atoms with E-state index in [1.807, 2.05) is 19.1 Å². The van der Waals surface area contributed by atoms with Gasteiger partial charge >= 0.3 is 0 Å². The third-order valence-electron chi connectivity index (χ3n) is 1.46. The van der Waals surface area contributed by atoms with Crippen LogP contribution in [0.5, 0.6) is 0 Å². The molecule has 0 atom stereocenters. The van der Waals surface area contributed by atoms with Gasteiger partial charge in [0.1, 0.15) is 4.99 Å². The Labute approximate surface area is 71.4 Å². The Morgan fingerprint density at radius 1 is 1.73 bits per heavy atom. The minimum absolute atomic E-state index is 0.433. The van der Waals surface area contributed by atoms with E-state index in [9.17, 15) is 0 Å². The summed E-state index contributed by atoms with van der Waals surface area (Å²) in [5.74, 6) is 0. The number of hydrogen-bond donors (Lipinski definition) is 1. The zero-order valence-electron chi connectivity index (χ0n) is 6.37. The molecule has 0 aliphatic carbocycles. The zero-order chi connectivity index (χ0) is 8.27. The number of pyridine rings is 1. The Bertz CT molecular complexity index is 271.